The Bertz CT molecular complexity index is 337. The van der Waals surface area contributed by atoms with Crippen LogP contribution in [0.3, 0.4) is 0 Å². The molecule has 0 aromatic carbocycles. The highest BCUT2D eigenvalue weighted by Crippen LogP contribution is 2.02. The molecule has 2 rings (SSSR count). The highest BCUT2D eigenvalue weighted by atomic mass is 16.6. The van der Waals surface area contributed by atoms with E-state index in [-0.39, 0.29) is 12.0 Å². The van der Waals surface area contributed by atoms with Gasteiger partial charge in [-0.15, -0.1) is 5.10 Å². The zero-order valence-electron chi connectivity index (χ0n) is 7.59. The molecular formula is C7H11N5O2. The van der Waals surface area contributed by atoms with Crippen LogP contribution in [0.15, 0.2) is 6.33 Å². The van der Waals surface area contributed by atoms with Gasteiger partial charge < -0.3 is 15.4 Å². The van der Waals surface area contributed by atoms with Gasteiger partial charge in [-0.25, -0.2) is 14.5 Å². The number of cyclic esters (lactones) is 1. The molecule has 2 heterocycles. The fraction of sp³-hybridized carbons (Fsp3) is 0.571. The molecule has 14 heavy (non-hydrogen) atoms. The Morgan fingerprint density at radius 2 is 2.43 bits per heavy atom. The highest BCUT2D eigenvalue weighted by molar-refractivity contribution is 5.69. The summed E-state index contributed by atoms with van der Waals surface area (Å²) in [5.74, 6) is 0.244. The van der Waals surface area contributed by atoms with Crippen molar-refractivity contribution in [1.82, 2.24) is 19.7 Å². The van der Waals surface area contributed by atoms with Crippen LogP contribution in [0.5, 0.6) is 0 Å². The summed E-state index contributed by atoms with van der Waals surface area (Å²) in [5, 5.41) is 3.90. The number of nitrogens with two attached hydrogens (primary N) is 1. The van der Waals surface area contributed by atoms with Crippen LogP contribution in [0.4, 0.5) is 10.7 Å². The molecule has 0 saturated carbocycles. The first kappa shape index (κ1) is 8.79. The van der Waals surface area contributed by atoms with Crippen LogP contribution >= 0.6 is 0 Å². The van der Waals surface area contributed by atoms with Gasteiger partial charge in [0.1, 0.15) is 12.9 Å². The van der Waals surface area contributed by atoms with Crippen molar-refractivity contribution in [1.29, 1.82) is 0 Å². The highest BCUT2D eigenvalue weighted by Gasteiger charge is 2.21. The van der Waals surface area contributed by atoms with E-state index in [1.54, 1.807) is 9.58 Å². The van der Waals surface area contributed by atoms with Crippen molar-refractivity contribution in [2.75, 3.05) is 25.4 Å². The molecule has 1 saturated heterocycles. The number of ether oxygens (including phenoxy) is 1. The SMILES string of the molecule is Nc1ncn(CCN2CCOC2=O)n1. The summed E-state index contributed by atoms with van der Waals surface area (Å²) in [6, 6.07) is 0. The van der Waals surface area contributed by atoms with Crippen LogP contribution in [0.25, 0.3) is 0 Å². The van der Waals surface area contributed by atoms with E-state index in [9.17, 15) is 4.79 Å². The van der Waals surface area contributed by atoms with Gasteiger partial charge in [-0.3, -0.25) is 0 Å². The maximum Gasteiger partial charge on any atom is 0.410 e. The lowest BCUT2D eigenvalue weighted by molar-refractivity contribution is 0.157. The Kier molecular flexibility index (Phi) is 2.21. The minimum atomic E-state index is -0.266. The Morgan fingerprint density at radius 3 is 3.00 bits per heavy atom. The molecule has 0 unspecified atom stereocenters. The fourth-order valence-corrected chi connectivity index (χ4v) is 1.27. The van der Waals surface area contributed by atoms with E-state index < -0.39 is 0 Å². The maximum atomic E-state index is 11.0. The van der Waals surface area contributed by atoms with Crippen LogP contribution in [0, 0.1) is 0 Å². The van der Waals surface area contributed by atoms with Crippen LogP contribution in [0.2, 0.25) is 0 Å². The molecule has 1 fully saturated rings. The molecule has 76 valence electrons. The molecule has 7 heteroatoms. The van der Waals surface area contributed by atoms with Crippen molar-refractivity contribution in [2.24, 2.45) is 0 Å². The second-order valence-corrected chi connectivity index (χ2v) is 2.97. The fourth-order valence-electron chi connectivity index (χ4n) is 1.27. The van der Waals surface area contributed by atoms with E-state index in [0.29, 0.717) is 26.2 Å². The lowest BCUT2D eigenvalue weighted by Gasteiger charge is -2.11. The van der Waals surface area contributed by atoms with E-state index in [2.05, 4.69) is 10.1 Å². The van der Waals surface area contributed by atoms with Crippen molar-refractivity contribution >= 4 is 12.0 Å². The molecular weight excluding hydrogens is 186 g/mol. The number of nitrogens with zero attached hydrogens (tertiary/aromatic N) is 4. The molecule has 1 amide bonds. The number of rotatable bonds is 3. The summed E-state index contributed by atoms with van der Waals surface area (Å²) in [7, 11) is 0. The van der Waals surface area contributed by atoms with Crippen molar-refractivity contribution < 1.29 is 9.53 Å². The van der Waals surface area contributed by atoms with E-state index in [1.165, 1.54) is 6.33 Å². The van der Waals surface area contributed by atoms with Gasteiger partial charge in [0.2, 0.25) is 5.95 Å². The predicted octanol–water partition coefficient (Wildman–Crippen LogP) is -0.687. The molecule has 7 nitrogen and oxygen atoms in total. The van der Waals surface area contributed by atoms with E-state index >= 15 is 0 Å². The van der Waals surface area contributed by atoms with Gasteiger partial charge in [0.05, 0.1) is 13.1 Å². The number of anilines is 1. The van der Waals surface area contributed by atoms with E-state index in [4.69, 9.17) is 10.5 Å². The zero-order valence-corrected chi connectivity index (χ0v) is 7.59. The zero-order chi connectivity index (χ0) is 9.97. The number of carbonyl (C=O) groups is 1. The minimum absolute atomic E-state index is 0.244. The molecule has 1 aliphatic rings. The monoisotopic (exact) mass is 197 g/mol. The molecule has 1 aliphatic heterocycles. The molecule has 0 bridgehead atoms. The third-order valence-electron chi connectivity index (χ3n) is 2.00. The van der Waals surface area contributed by atoms with Crippen molar-refractivity contribution in [3.05, 3.63) is 6.33 Å². The Hall–Kier alpha value is -1.79. The summed E-state index contributed by atoms with van der Waals surface area (Å²) in [6.07, 6.45) is 1.27. The van der Waals surface area contributed by atoms with Gasteiger partial charge in [-0.05, 0) is 0 Å². The second-order valence-electron chi connectivity index (χ2n) is 2.97. The first-order chi connectivity index (χ1) is 6.75. The first-order valence-corrected chi connectivity index (χ1v) is 4.32. The molecule has 0 atom stereocenters. The summed E-state index contributed by atoms with van der Waals surface area (Å²) in [6.45, 7) is 2.27. The third kappa shape index (κ3) is 1.76. The maximum absolute atomic E-state index is 11.0. The lowest BCUT2D eigenvalue weighted by atomic mass is 10.5. The van der Waals surface area contributed by atoms with Crippen molar-refractivity contribution in [2.45, 2.75) is 6.54 Å². The van der Waals surface area contributed by atoms with Gasteiger partial charge in [0.15, 0.2) is 0 Å². The second kappa shape index (κ2) is 3.52. The number of hydrogen-bond acceptors (Lipinski definition) is 5. The third-order valence-corrected chi connectivity index (χ3v) is 2.00. The lowest BCUT2D eigenvalue weighted by Crippen LogP contribution is -2.28. The largest absolute Gasteiger partial charge is 0.448 e. The summed E-state index contributed by atoms with van der Waals surface area (Å²) >= 11 is 0. The first-order valence-electron chi connectivity index (χ1n) is 4.32. The molecule has 1 aromatic rings. The van der Waals surface area contributed by atoms with E-state index in [1.807, 2.05) is 0 Å². The molecule has 0 spiro atoms. The van der Waals surface area contributed by atoms with E-state index in [0.717, 1.165) is 0 Å². The number of carbonyl (C=O) groups excluding carboxylic acids is 1. The minimum Gasteiger partial charge on any atom is -0.448 e. The van der Waals surface area contributed by atoms with Crippen molar-refractivity contribution in [3.63, 3.8) is 0 Å². The van der Waals surface area contributed by atoms with Gasteiger partial charge in [-0.2, -0.15) is 0 Å². The number of nitrogen functional groups attached to an aromatic ring is 1. The van der Waals surface area contributed by atoms with Crippen LogP contribution < -0.4 is 5.73 Å². The molecule has 0 radical (unpaired) electrons. The van der Waals surface area contributed by atoms with Crippen LogP contribution in [-0.4, -0.2) is 45.5 Å². The standard InChI is InChI=1S/C7H11N5O2/c8-6-9-5-12(10-6)2-1-11-3-4-14-7(11)13/h5H,1-4H2,(H2,8,10). The van der Waals surface area contributed by atoms with Crippen LogP contribution in [-0.2, 0) is 11.3 Å². The number of aromatic nitrogens is 3. The molecule has 0 aliphatic carbocycles. The van der Waals surface area contributed by atoms with Gasteiger partial charge >= 0.3 is 6.09 Å². The quantitative estimate of drug-likeness (QED) is 0.693. The summed E-state index contributed by atoms with van der Waals surface area (Å²) in [5.41, 5.74) is 5.34. The summed E-state index contributed by atoms with van der Waals surface area (Å²) in [4.78, 5) is 16.4. The van der Waals surface area contributed by atoms with Gasteiger partial charge in [0.25, 0.3) is 0 Å². The van der Waals surface area contributed by atoms with Crippen molar-refractivity contribution in [3.8, 4) is 0 Å². The smallest absolute Gasteiger partial charge is 0.410 e. The Balaban J connectivity index is 1.85. The predicted molar refractivity (Wildman–Crippen MR) is 47.4 cm³/mol. The summed E-state index contributed by atoms with van der Waals surface area (Å²) < 4.78 is 6.37. The number of hydrogen-bond donors (Lipinski definition) is 1. The Labute approximate surface area is 80.5 Å². The van der Waals surface area contributed by atoms with Gasteiger partial charge in [0, 0.05) is 6.54 Å². The van der Waals surface area contributed by atoms with Crippen LogP contribution in [0.1, 0.15) is 0 Å². The number of amides is 1. The Morgan fingerprint density at radius 1 is 1.57 bits per heavy atom. The molecule has 1 aromatic heterocycles. The normalized spacial score (nSPS) is 16.0. The average Bonchev–Trinajstić information content (AvgIpc) is 2.72. The topological polar surface area (TPSA) is 86.3 Å². The molecule has 2 N–H and O–H groups in total. The average molecular weight is 197 g/mol. The van der Waals surface area contributed by atoms with Gasteiger partial charge in [-0.1, -0.05) is 0 Å².